The van der Waals surface area contributed by atoms with Crippen LogP contribution in [-0.2, 0) is 4.84 Å². The van der Waals surface area contributed by atoms with Crippen molar-refractivity contribution in [1.29, 1.82) is 0 Å². The number of nitrogens with zero attached hydrogens (tertiary/aromatic N) is 1. The van der Waals surface area contributed by atoms with Crippen LogP contribution in [0.25, 0.3) is 0 Å². The molecule has 3 nitrogen and oxygen atoms in total. The minimum absolute atomic E-state index is 0.0527. The lowest BCUT2D eigenvalue weighted by Crippen LogP contribution is -2.26. The second-order valence-electron chi connectivity index (χ2n) is 3.56. The lowest BCUT2D eigenvalue weighted by molar-refractivity contribution is -0.0768. The predicted octanol–water partition coefficient (Wildman–Crippen LogP) is 2.54. The number of benzene rings is 1. The molecule has 0 aromatic heterocycles. The highest BCUT2D eigenvalue weighted by Crippen LogP contribution is 2.19. The quantitative estimate of drug-likeness (QED) is 0.784. The third-order valence-electron chi connectivity index (χ3n) is 2.38. The van der Waals surface area contributed by atoms with Gasteiger partial charge in [0.1, 0.15) is 0 Å². The van der Waals surface area contributed by atoms with E-state index in [1.807, 2.05) is 19.1 Å². The first-order valence-electron chi connectivity index (χ1n) is 4.89. The van der Waals surface area contributed by atoms with E-state index in [0.29, 0.717) is 18.7 Å². The Labute approximate surface area is 97.1 Å². The minimum Gasteiger partial charge on any atom is -0.271 e. The summed E-state index contributed by atoms with van der Waals surface area (Å²) in [5.41, 5.74) is 1.73. The third-order valence-corrected chi connectivity index (χ3v) is 3.27. The Kier molecular flexibility index (Phi) is 3.07. The topological polar surface area (TPSA) is 29.5 Å². The average molecular weight is 270 g/mol. The van der Waals surface area contributed by atoms with Crippen molar-refractivity contribution in [2.45, 2.75) is 13.3 Å². The van der Waals surface area contributed by atoms with Gasteiger partial charge in [-0.05, 0) is 37.1 Å². The number of carbonyl (C=O) groups excluding carboxylic acids is 1. The molecule has 2 rings (SSSR count). The van der Waals surface area contributed by atoms with Crippen LogP contribution >= 0.6 is 15.9 Å². The van der Waals surface area contributed by atoms with Gasteiger partial charge in [0, 0.05) is 10.0 Å². The zero-order chi connectivity index (χ0) is 10.8. The summed E-state index contributed by atoms with van der Waals surface area (Å²) in [5.74, 6) is -0.0527. The molecular formula is C11H12BrNO2. The number of amides is 1. The van der Waals surface area contributed by atoms with Gasteiger partial charge < -0.3 is 0 Å². The summed E-state index contributed by atoms with van der Waals surface area (Å²) >= 11 is 3.41. The summed E-state index contributed by atoms with van der Waals surface area (Å²) in [7, 11) is 0. The summed E-state index contributed by atoms with van der Waals surface area (Å²) < 4.78 is 1.02. The van der Waals surface area contributed by atoms with E-state index in [9.17, 15) is 4.79 Å². The number of halogens is 1. The standard InChI is InChI=1S/C11H12BrNO2/c1-8-7-9(3-4-10(8)12)11(14)13-5-2-6-15-13/h3-4,7H,2,5-6H2,1H3. The van der Waals surface area contributed by atoms with Gasteiger partial charge in [-0.1, -0.05) is 15.9 Å². The van der Waals surface area contributed by atoms with Crippen molar-refractivity contribution >= 4 is 21.8 Å². The van der Waals surface area contributed by atoms with Crippen LogP contribution in [0.3, 0.4) is 0 Å². The van der Waals surface area contributed by atoms with E-state index in [1.54, 1.807) is 6.07 Å². The Morgan fingerprint density at radius 1 is 1.53 bits per heavy atom. The maximum absolute atomic E-state index is 11.9. The molecule has 80 valence electrons. The SMILES string of the molecule is Cc1cc(C(=O)N2CCCO2)ccc1Br. The van der Waals surface area contributed by atoms with Gasteiger partial charge in [0.2, 0.25) is 0 Å². The van der Waals surface area contributed by atoms with Crippen LogP contribution in [0.5, 0.6) is 0 Å². The van der Waals surface area contributed by atoms with Crippen LogP contribution in [0, 0.1) is 6.92 Å². The molecule has 1 fully saturated rings. The van der Waals surface area contributed by atoms with E-state index in [0.717, 1.165) is 16.5 Å². The summed E-state index contributed by atoms with van der Waals surface area (Å²) in [6.45, 7) is 3.29. The van der Waals surface area contributed by atoms with E-state index in [1.165, 1.54) is 5.06 Å². The number of carbonyl (C=O) groups is 1. The van der Waals surface area contributed by atoms with Crippen LogP contribution < -0.4 is 0 Å². The molecule has 1 saturated heterocycles. The first-order valence-corrected chi connectivity index (χ1v) is 5.69. The zero-order valence-corrected chi connectivity index (χ0v) is 10.1. The molecule has 0 radical (unpaired) electrons. The molecule has 1 heterocycles. The van der Waals surface area contributed by atoms with Gasteiger partial charge in [-0.15, -0.1) is 0 Å². The molecule has 0 bridgehead atoms. The Hall–Kier alpha value is -0.870. The molecule has 0 N–H and O–H groups in total. The van der Waals surface area contributed by atoms with Crippen LogP contribution in [0.2, 0.25) is 0 Å². The molecule has 1 aliphatic heterocycles. The van der Waals surface area contributed by atoms with Gasteiger partial charge in [-0.2, -0.15) is 0 Å². The van der Waals surface area contributed by atoms with Gasteiger partial charge in [0.25, 0.3) is 5.91 Å². The van der Waals surface area contributed by atoms with Gasteiger partial charge in [-0.3, -0.25) is 9.63 Å². The Balaban J connectivity index is 2.21. The number of hydrogen-bond acceptors (Lipinski definition) is 2. The molecule has 0 saturated carbocycles. The normalized spacial score (nSPS) is 15.7. The van der Waals surface area contributed by atoms with E-state index in [2.05, 4.69) is 15.9 Å². The monoisotopic (exact) mass is 269 g/mol. The Morgan fingerprint density at radius 3 is 2.93 bits per heavy atom. The smallest absolute Gasteiger partial charge is 0.271 e. The lowest BCUT2D eigenvalue weighted by atomic mass is 10.1. The highest BCUT2D eigenvalue weighted by Gasteiger charge is 2.20. The maximum atomic E-state index is 11.9. The van der Waals surface area contributed by atoms with Crippen LogP contribution in [-0.4, -0.2) is 24.1 Å². The van der Waals surface area contributed by atoms with Crippen molar-refractivity contribution in [1.82, 2.24) is 5.06 Å². The van der Waals surface area contributed by atoms with Crippen molar-refractivity contribution in [2.75, 3.05) is 13.2 Å². The first-order chi connectivity index (χ1) is 7.18. The number of rotatable bonds is 1. The van der Waals surface area contributed by atoms with Crippen LogP contribution in [0.15, 0.2) is 22.7 Å². The molecule has 0 unspecified atom stereocenters. The highest BCUT2D eigenvalue weighted by molar-refractivity contribution is 9.10. The number of aryl methyl sites for hydroxylation is 1. The summed E-state index contributed by atoms with van der Waals surface area (Å²) in [5, 5.41) is 1.43. The van der Waals surface area contributed by atoms with Crippen molar-refractivity contribution in [3.8, 4) is 0 Å². The lowest BCUT2D eigenvalue weighted by Gasteiger charge is -2.14. The average Bonchev–Trinajstić information content (AvgIpc) is 2.74. The highest BCUT2D eigenvalue weighted by atomic mass is 79.9. The molecule has 0 spiro atoms. The second-order valence-corrected chi connectivity index (χ2v) is 4.41. The molecule has 15 heavy (non-hydrogen) atoms. The van der Waals surface area contributed by atoms with Gasteiger partial charge >= 0.3 is 0 Å². The van der Waals surface area contributed by atoms with Gasteiger partial charge in [-0.25, -0.2) is 5.06 Å². The number of hydroxylamine groups is 2. The Morgan fingerprint density at radius 2 is 2.33 bits per heavy atom. The zero-order valence-electron chi connectivity index (χ0n) is 8.50. The molecule has 1 aromatic carbocycles. The van der Waals surface area contributed by atoms with Crippen LogP contribution in [0.1, 0.15) is 22.3 Å². The fraction of sp³-hybridized carbons (Fsp3) is 0.364. The molecule has 1 amide bonds. The molecule has 0 aliphatic carbocycles. The summed E-state index contributed by atoms with van der Waals surface area (Å²) in [6, 6.07) is 5.56. The summed E-state index contributed by atoms with van der Waals surface area (Å²) in [6.07, 6.45) is 0.918. The fourth-order valence-electron chi connectivity index (χ4n) is 1.53. The third kappa shape index (κ3) is 2.21. The minimum atomic E-state index is -0.0527. The van der Waals surface area contributed by atoms with Crippen molar-refractivity contribution in [3.63, 3.8) is 0 Å². The molecule has 0 atom stereocenters. The molecule has 4 heteroatoms. The van der Waals surface area contributed by atoms with Crippen molar-refractivity contribution < 1.29 is 9.63 Å². The van der Waals surface area contributed by atoms with Crippen molar-refractivity contribution in [3.05, 3.63) is 33.8 Å². The molecule has 1 aliphatic rings. The van der Waals surface area contributed by atoms with E-state index in [-0.39, 0.29) is 5.91 Å². The molecular weight excluding hydrogens is 258 g/mol. The number of hydrogen-bond donors (Lipinski definition) is 0. The largest absolute Gasteiger partial charge is 0.277 e. The van der Waals surface area contributed by atoms with E-state index >= 15 is 0 Å². The fourth-order valence-corrected chi connectivity index (χ4v) is 1.78. The predicted molar refractivity (Wildman–Crippen MR) is 60.5 cm³/mol. The second kappa shape index (κ2) is 4.33. The van der Waals surface area contributed by atoms with Gasteiger partial charge in [0.05, 0.1) is 13.2 Å². The first kappa shape index (κ1) is 10.6. The van der Waals surface area contributed by atoms with Crippen molar-refractivity contribution in [2.24, 2.45) is 0 Å². The van der Waals surface area contributed by atoms with Crippen LogP contribution in [0.4, 0.5) is 0 Å². The van der Waals surface area contributed by atoms with E-state index < -0.39 is 0 Å². The van der Waals surface area contributed by atoms with Gasteiger partial charge in [0.15, 0.2) is 0 Å². The van der Waals surface area contributed by atoms with E-state index in [4.69, 9.17) is 4.84 Å². The Bertz CT molecular complexity index is 386. The summed E-state index contributed by atoms with van der Waals surface area (Å²) in [4.78, 5) is 17.1. The maximum Gasteiger partial charge on any atom is 0.277 e. The molecule has 1 aromatic rings.